The van der Waals surface area contributed by atoms with E-state index in [0.29, 0.717) is 31.0 Å². The number of urea groups is 1. The van der Waals surface area contributed by atoms with Gasteiger partial charge in [-0.25, -0.2) is 4.79 Å². The highest BCUT2D eigenvalue weighted by molar-refractivity contribution is 6.30. The summed E-state index contributed by atoms with van der Waals surface area (Å²) in [4.78, 5) is 24.4. The van der Waals surface area contributed by atoms with Crippen molar-refractivity contribution in [3.8, 4) is 0 Å². The summed E-state index contributed by atoms with van der Waals surface area (Å²) >= 11 is 5.82. The lowest BCUT2D eigenvalue weighted by Gasteiger charge is -2.18. The van der Waals surface area contributed by atoms with Crippen LogP contribution >= 0.6 is 11.6 Å². The van der Waals surface area contributed by atoms with Crippen LogP contribution in [-0.2, 0) is 16.1 Å². The number of hydrogen-bond donors (Lipinski definition) is 1. The first-order valence-corrected chi connectivity index (χ1v) is 7.21. The number of ether oxygens (including phenoxy) is 1. The first-order valence-electron chi connectivity index (χ1n) is 6.83. The molecule has 116 valence electrons. The fourth-order valence-electron chi connectivity index (χ4n) is 1.76. The summed E-state index contributed by atoms with van der Waals surface area (Å²) in [7, 11) is 3.11. The number of unbranched alkanes of at least 4 members (excludes halogenated alkanes) is 1. The molecule has 0 saturated carbocycles. The van der Waals surface area contributed by atoms with Crippen LogP contribution in [0.25, 0.3) is 0 Å². The van der Waals surface area contributed by atoms with Crippen molar-refractivity contribution in [2.24, 2.45) is 0 Å². The molecule has 0 spiro atoms. The van der Waals surface area contributed by atoms with Crippen LogP contribution in [0.2, 0.25) is 5.02 Å². The van der Waals surface area contributed by atoms with E-state index in [4.69, 9.17) is 11.6 Å². The topological polar surface area (TPSA) is 58.6 Å². The number of halogens is 1. The fourth-order valence-corrected chi connectivity index (χ4v) is 1.89. The normalized spacial score (nSPS) is 10.0. The molecular weight excluding hydrogens is 292 g/mol. The maximum atomic E-state index is 11.9. The molecule has 2 amide bonds. The molecular formula is C15H21ClN2O3. The molecule has 5 nitrogen and oxygen atoms in total. The Kier molecular flexibility index (Phi) is 7.61. The molecule has 0 radical (unpaired) electrons. The van der Waals surface area contributed by atoms with Gasteiger partial charge in [0.1, 0.15) is 0 Å². The predicted octanol–water partition coefficient (Wildman–Crippen LogP) is 2.82. The van der Waals surface area contributed by atoms with Gasteiger partial charge >= 0.3 is 12.0 Å². The summed E-state index contributed by atoms with van der Waals surface area (Å²) in [5.41, 5.74) is 1.02. The SMILES string of the molecule is COC(=O)CCCCNC(=O)N(C)Cc1ccc(Cl)cc1. The van der Waals surface area contributed by atoms with Crippen LogP contribution in [0.4, 0.5) is 4.79 Å². The van der Waals surface area contributed by atoms with Gasteiger partial charge < -0.3 is 15.0 Å². The van der Waals surface area contributed by atoms with Crippen LogP contribution < -0.4 is 5.32 Å². The first-order chi connectivity index (χ1) is 10.0. The highest BCUT2D eigenvalue weighted by Crippen LogP contribution is 2.10. The van der Waals surface area contributed by atoms with Gasteiger partial charge in [-0.3, -0.25) is 4.79 Å². The van der Waals surface area contributed by atoms with Gasteiger partial charge in [-0.2, -0.15) is 0 Å². The standard InChI is InChI=1S/C15H21ClN2O3/c1-18(11-12-6-8-13(16)9-7-12)15(20)17-10-4-3-5-14(19)21-2/h6-9H,3-5,10-11H2,1-2H3,(H,17,20). The Morgan fingerprint density at radius 1 is 1.24 bits per heavy atom. The minimum Gasteiger partial charge on any atom is -0.469 e. The van der Waals surface area contributed by atoms with Crippen molar-refractivity contribution in [2.45, 2.75) is 25.8 Å². The number of nitrogens with one attached hydrogen (secondary N) is 1. The summed E-state index contributed by atoms with van der Waals surface area (Å²) in [5.74, 6) is -0.221. The number of benzene rings is 1. The molecule has 0 unspecified atom stereocenters. The second kappa shape index (κ2) is 9.23. The zero-order valence-corrected chi connectivity index (χ0v) is 13.2. The summed E-state index contributed by atoms with van der Waals surface area (Å²) in [6.45, 7) is 1.06. The molecule has 0 saturated heterocycles. The van der Waals surface area contributed by atoms with E-state index >= 15 is 0 Å². The van der Waals surface area contributed by atoms with Crippen LogP contribution in [0, 0.1) is 0 Å². The van der Waals surface area contributed by atoms with E-state index in [9.17, 15) is 9.59 Å². The van der Waals surface area contributed by atoms with Crippen molar-refractivity contribution in [2.75, 3.05) is 20.7 Å². The van der Waals surface area contributed by atoms with E-state index in [0.717, 1.165) is 12.0 Å². The Hall–Kier alpha value is -1.75. The number of hydrogen-bond acceptors (Lipinski definition) is 3. The number of esters is 1. The molecule has 0 aromatic heterocycles. The maximum absolute atomic E-state index is 11.9. The summed E-state index contributed by atoms with van der Waals surface area (Å²) in [6, 6.07) is 7.25. The number of rotatable bonds is 7. The molecule has 1 rings (SSSR count). The Balaban J connectivity index is 2.22. The Morgan fingerprint density at radius 2 is 1.90 bits per heavy atom. The first kappa shape index (κ1) is 17.3. The van der Waals surface area contributed by atoms with E-state index < -0.39 is 0 Å². The predicted molar refractivity (Wildman–Crippen MR) is 82.2 cm³/mol. The average Bonchev–Trinajstić information content (AvgIpc) is 2.48. The molecule has 1 aromatic carbocycles. The van der Waals surface area contributed by atoms with Crippen molar-refractivity contribution in [1.29, 1.82) is 0 Å². The zero-order valence-electron chi connectivity index (χ0n) is 12.4. The van der Waals surface area contributed by atoms with Crippen LogP contribution in [-0.4, -0.2) is 37.6 Å². The summed E-state index contributed by atoms with van der Waals surface area (Å²) < 4.78 is 4.55. The lowest BCUT2D eigenvalue weighted by Crippen LogP contribution is -2.37. The molecule has 0 bridgehead atoms. The lowest BCUT2D eigenvalue weighted by molar-refractivity contribution is -0.140. The zero-order chi connectivity index (χ0) is 15.7. The van der Waals surface area contributed by atoms with E-state index in [1.807, 2.05) is 12.1 Å². The summed E-state index contributed by atoms with van der Waals surface area (Å²) in [5, 5.41) is 3.49. The average molecular weight is 313 g/mol. The monoisotopic (exact) mass is 312 g/mol. The minimum atomic E-state index is -0.221. The number of carbonyl (C=O) groups is 2. The molecule has 0 heterocycles. The van der Waals surface area contributed by atoms with Crippen LogP contribution in [0.1, 0.15) is 24.8 Å². The van der Waals surface area contributed by atoms with Crippen molar-refractivity contribution < 1.29 is 14.3 Å². The third-order valence-corrected chi connectivity index (χ3v) is 3.24. The Bertz CT molecular complexity index is 462. The second-order valence-corrected chi connectivity index (χ2v) is 5.18. The van der Waals surface area contributed by atoms with Crippen molar-refractivity contribution >= 4 is 23.6 Å². The molecule has 0 fully saturated rings. The van der Waals surface area contributed by atoms with E-state index in [1.165, 1.54) is 7.11 Å². The van der Waals surface area contributed by atoms with E-state index in [2.05, 4.69) is 10.1 Å². The van der Waals surface area contributed by atoms with Gasteiger partial charge in [-0.05, 0) is 30.5 Å². The maximum Gasteiger partial charge on any atom is 0.317 e. The van der Waals surface area contributed by atoms with Crippen molar-refractivity contribution in [3.05, 3.63) is 34.9 Å². The molecule has 0 aliphatic carbocycles. The van der Waals surface area contributed by atoms with Gasteiger partial charge in [0.15, 0.2) is 0 Å². The Morgan fingerprint density at radius 3 is 2.52 bits per heavy atom. The molecule has 0 atom stereocenters. The molecule has 21 heavy (non-hydrogen) atoms. The fraction of sp³-hybridized carbons (Fsp3) is 0.467. The molecule has 1 N–H and O–H groups in total. The molecule has 1 aromatic rings. The number of amides is 2. The number of nitrogens with zero attached hydrogens (tertiary/aromatic N) is 1. The van der Waals surface area contributed by atoms with Crippen molar-refractivity contribution in [1.82, 2.24) is 10.2 Å². The molecule has 0 aliphatic heterocycles. The number of methoxy groups -OCH3 is 1. The molecule has 6 heteroatoms. The smallest absolute Gasteiger partial charge is 0.317 e. The quantitative estimate of drug-likeness (QED) is 0.622. The van der Waals surface area contributed by atoms with Crippen LogP contribution in [0.3, 0.4) is 0 Å². The van der Waals surface area contributed by atoms with Crippen LogP contribution in [0.15, 0.2) is 24.3 Å². The van der Waals surface area contributed by atoms with E-state index in [1.54, 1.807) is 24.1 Å². The second-order valence-electron chi connectivity index (χ2n) is 4.75. The third kappa shape index (κ3) is 6.99. The number of carbonyl (C=O) groups excluding carboxylic acids is 2. The van der Waals surface area contributed by atoms with Gasteiger partial charge in [0.2, 0.25) is 0 Å². The Labute approximate surface area is 130 Å². The van der Waals surface area contributed by atoms with Gasteiger partial charge in [0, 0.05) is 31.6 Å². The van der Waals surface area contributed by atoms with E-state index in [-0.39, 0.29) is 12.0 Å². The largest absolute Gasteiger partial charge is 0.469 e. The summed E-state index contributed by atoms with van der Waals surface area (Å²) in [6.07, 6.45) is 1.83. The highest BCUT2D eigenvalue weighted by Gasteiger charge is 2.08. The third-order valence-electron chi connectivity index (χ3n) is 2.99. The minimum absolute atomic E-state index is 0.136. The van der Waals surface area contributed by atoms with Gasteiger partial charge in [-0.15, -0.1) is 0 Å². The van der Waals surface area contributed by atoms with Gasteiger partial charge in [0.25, 0.3) is 0 Å². The van der Waals surface area contributed by atoms with Gasteiger partial charge in [0.05, 0.1) is 7.11 Å². The highest BCUT2D eigenvalue weighted by atomic mass is 35.5. The van der Waals surface area contributed by atoms with Crippen molar-refractivity contribution in [3.63, 3.8) is 0 Å². The van der Waals surface area contributed by atoms with Gasteiger partial charge in [-0.1, -0.05) is 23.7 Å². The molecule has 0 aliphatic rings. The van der Waals surface area contributed by atoms with Crippen LogP contribution in [0.5, 0.6) is 0 Å². The lowest BCUT2D eigenvalue weighted by atomic mass is 10.2.